The van der Waals surface area contributed by atoms with E-state index in [1.807, 2.05) is 0 Å². The quantitative estimate of drug-likeness (QED) is 0.845. The van der Waals surface area contributed by atoms with Gasteiger partial charge in [-0.2, -0.15) is 0 Å². The van der Waals surface area contributed by atoms with Crippen LogP contribution in [0.1, 0.15) is 55.2 Å². The van der Waals surface area contributed by atoms with E-state index in [2.05, 4.69) is 4.57 Å². The lowest BCUT2D eigenvalue weighted by molar-refractivity contribution is 0.408. The predicted octanol–water partition coefficient (Wildman–Crippen LogP) is 1.99. The lowest BCUT2D eigenvalue weighted by atomic mass is 9.82. The van der Waals surface area contributed by atoms with E-state index in [1.165, 1.54) is 62.3 Å². The molecule has 3 heteroatoms. The standard InChI is InChI=1S/C13H21N3/c14-8-7-11-13(10-4-3-5-10)15-12-6-1-2-9-16(11)12/h10H,1-9,14H2. The van der Waals surface area contributed by atoms with E-state index in [0.717, 1.165) is 18.9 Å². The van der Waals surface area contributed by atoms with Crippen LogP contribution in [0.4, 0.5) is 0 Å². The molecule has 0 saturated heterocycles. The Kier molecular flexibility index (Phi) is 2.72. The number of fused-ring (bicyclic) bond motifs is 1. The Morgan fingerprint density at radius 2 is 2.12 bits per heavy atom. The zero-order chi connectivity index (χ0) is 11.0. The lowest BCUT2D eigenvalue weighted by Gasteiger charge is -2.25. The van der Waals surface area contributed by atoms with Gasteiger partial charge in [0.2, 0.25) is 0 Å². The first-order valence-corrected chi connectivity index (χ1v) is 6.68. The summed E-state index contributed by atoms with van der Waals surface area (Å²) in [7, 11) is 0. The van der Waals surface area contributed by atoms with Crippen molar-refractivity contribution in [2.75, 3.05) is 6.54 Å². The average Bonchev–Trinajstić information content (AvgIpc) is 2.56. The van der Waals surface area contributed by atoms with Crippen molar-refractivity contribution in [3.05, 3.63) is 17.2 Å². The van der Waals surface area contributed by atoms with Gasteiger partial charge >= 0.3 is 0 Å². The Balaban J connectivity index is 1.98. The number of nitrogens with two attached hydrogens (primary N) is 1. The van der Waals surface area contributed by atoms with Crippen LogP contribution in [-0.2, 0) is 19.4 Å². The van der Waals surface area contributed by atoms with Gasteiger partial charge in [0.15, 0.2) is 0 Å². The highest BCUT2D eigenvalue weighted by Gasteiger charge is 2.28. The van der Waals surface area contributed by atoms with E-state index in [9.17, 15) is 0 Å². The molecule has 0 spiro atoms. The van der Waals surface area contributed by atoms with E-state index >= 15 is 0 Å². The number of hydrogen-bond acceptors (Lipinski definition) is 2. The van der Waals surface area contributed by atoms with Crippen LogP contribution in [-0.4, -0.2) is 16.1 Å². The van der Waals surface area contributed by atoms with Crippen LogP contribution in [0.3, 0.4) is 0 Å². The summed E-state index contributed by atoms with van der Waals surface area (Å²) in [5.41, 5.74) is 8.60. The first-order valence-electron chi connectivity index (χ1n) is 6.68. The Morgan fingerprint density at radius 3 is 2.81 bits per heavy atom. The van der Waals surface area contributed by atoms with Crippen LogP contribution in [0.25, 0.3) is 0 Å². The summed E-state index contributed by atoms with van der Waals surface area (Å²) in [6.07, 6.45) is 8.87. The van der Waals surface area contributed by atoms with Crippen molar-refractivity contribution in [1.29, 1.82) is 0 Å². The van der Waals surface area contributed by atoms with E-state index < -0.39 is 0 Å². The third-order valence-corrected chi connectivity index (χ3v) is 4.09. The molecule has 0 radical (unpaired) electrons. The molecule has 1 fully saturated rings. The van der Waals surface area contributed by atoms with Crippen LogP contribution in [0.5, 0.6) is 0 Å². The van der Waals surface area contributed by atoms with Crippen LogP contribution in [0, 0.1) is 0 Å². The van der Waals surface area contributed by atoms with Crippen LogP contribution < -0.4 is 5.73 Å². The van der Waals surface area contributed by atoms with Gasteiger partial charge in [-0.15, -0.1) is 0 Å². The number of rotatable bonds is 3. The van der Waals surface area contributed by atoms with E-state index in [0.29, 0.717) is 0 Å². The van der Waals surface area contributed by atoms with Crippen molar-refractivity contribution >= 4 is 0 Å². The normalized spacial score (nSPS) is 20.6. The maximum absolute atomic E-state index is 5.74. The monoisotopic (exact) mass is 219 g/mol. The van der Waals surface area contributed by atoms with Gasteiger partial charge in [0.25, 0.3) is 0 Å². The van der Waals surface area contributed by atoms with Gasteiger partial charge in [0.05, 0.1) is 5.69 Å². The van der Waals surface area contributed by atoms with E-state index in [4.69, 9.17) is 10.7 Å². The van der Waals surface area contributed by atoms with Gasteiger partial charge in [-0.25, -0.2) is 4.98 Å². The molecule has 1 aromatic rings. The first-order chi connectivity index (χ1) is 7.90. The Morgan fingerprint density at radius 1 is 1.25 bits per heavy atom. The highest BCUT2D eigenvalue weighted by Crippen LogP contribution is 2.38. The molecular weight excluding hydrogens is 198 g/mol. The lowest BCUT2D eigenvalue weighted by Crippen LogP contribution is -2.17. The van der Waals surface area contributed by atoms with Gasteiger partial charge in [0.1, 0.15) is 5.82 Å². The highest BCUT2D eigenvalue weighted by molar-refractivity contribution is 5.24. The van der Waals surface area contributed by atoms with Gasteiger partial charge in [-0.05, 0) is 32.2 Å². The van der Waals surface area contributed by atoms with Crippen molar-refractivity contribution in [2.24, 2.45) is 5.73 Å². The summed E-state index contributed by atoms with van der Waals surface area (Å²) in [4.78, 5) is 4.90. The fraction of sp³-hybridized carbons (Fsp3) is 0.769. The molecule has 1 aliphatic heterocycles. The van der Waals surface area contributed by atoms with Crippen LogP contribution >= 0.6 is 0 Å². The molecule has 3 nitrogen and oxygen atoms in total. The first kappa shape index (κ1) is 10.3. The molecule has 1 aliphatic carbocycles. The van der Waals surface area contributed by atoms with Crippen molar-refractivity contribution in [1.82, 2.24) is 9.55 Å². The molecule has 1 aromatic heterocycles. The van der Waals surface area contributed by atoms with Crippen molar-refractivity contribution in [3.63, 3.8) is 0 Å². The van der Waals surface area contributed by atoms with Crippen molar-refractivity contribution in [2.45, 2.75) is 57.4 Å². The minimum atomic E-state index is 0.750. The number of aryl methyl sites for hydroxylation is 1. The predicted molar refractivity (Wildman–Crippen MR) is 64.5 cm³/mol. The zero-order valence-corrected chi connectivity index (χ0v) is 9.91. The summed E-state index contributed by atoms with van der Waals surface area (Å²) < 4.78 is 2.46. The molecule has 16 heavy (non-hydrogen) atoms. The molecule has 0 atom stereocenters. The SMILES string of the molecule is NCCc1c(C2CCC2)nc2n1CCCC2. The summed E-state index contributed by atoms with van der Waals surface area (Å²) in [6, 6.07) is 0. The third-order valence-electron chi connectivity index (χ3n) is 4.09. The van der Waals surface area contributed by atoms with Crippen molar-refractivity contribution < 1.29 is 0 Å². The number of nitrogens with zero attached hydrogens (tertiary/aromatic N) is 2. The summed E-state index contributed by atoms with van der Waals surface area (Å²) in [6.45, 7) is 1.93. The summed E-state index contributed by atoms with van der Waals surface area (Å²) in [5.74, 6) is 2.08. The molecule has 3 rings (SSSR count). The zero-order valence-electron chi connectivity index (χ0n) is 9.91. The molecule has 88 valence electrons. The molecule has 2 N–H and O–H groups in total. The Bertz CT molecular complexity index is 377. The second-order valence-electron chi connectivity index (χ2n) is 5.14. The van der Waals surface area contributed by atoms with E-state index in [-0.39, 0.29) is 0 Å². The molecule has 2 heterocycles. The number of hydrogen-bond donors (Lipinski definition) is 1. The molecule has 0 aromatic carbocycles. The topological polar surface area (TPSA) is 43.8 Å². The fourth-order valence-corrected chi connectivity index (χ4v) is 2.97. The highest BCUT2D eigenvalue weighted by atomic mass is 15.1. The molecule has 2 aliphatic rings. The van der Waals surface area contributed by atoms with Gasteiger partial charge in [-0.1, -0.05) is 6.42 Å². The van der Waals surface area contributed by atoms with Gasteiger partial charge in [-0.3, -0.25) is 0 Å². The minimum Gasteiger partial charge on any atom is -0.332 e. The molecule has 1 saturated carbocycles. The fourth-order valence-electron chi connectivity index (χ4n) is 2.97. The number of aromatic nitrogens is 2. The van der Waals surface area contributed by atoms with Gasteiger partial charge in [0, 0.05) is 31.0 Å². The second-order valence-corrected chi connectivity index (χ2v) is 5.14. The third kappa shape index (κ3) is 1.58. The summed E-state index contributed by atoms with van der Waals surface area (Å²) in [5, 5.41) is 0. The molecule has 0 unspecified atom stereocenters. The van der Waals surface area contributed by atoms with Crippen LogP contribution in [0.2, 0.25) is 0 Å². The van der Waals surface area contributed by atoms with Crippen molar-refractivity contribution in [3.8, 4) is 0 Å². The molecular formula is C13H21N3. The summed E-state index contributed by atoms with van der Waals surface area (Å²) >= 11 is 0. The Hall–Kier alpha value is -0.830. The Labute approximate surface area is 97.0 Å². The number of imidazole rings is 1. The smallest absolute Gasteiger partial charge is 0.109 e. The van der Waals surface area contributed by atoms with Gasteiger partial charge < -0.3 is 10.3 Å². The largest absolute Gasteiger partial charge is 0.332 e. The maximum atomic E-state index is 5.74. The maximum Gasteiger partial charge on any atom is 0.109 e. The van der Waals surface area contributed by atoms with Crippen LogP contribution in [0.15, 0.2) is 0 Å². The molecule has 0 bridgehead atoms. The molecule has 0 amide bonds. The minimum absolute atomic E-state index is 0.750. The average molecular weight is 219 g/mol. The van der Waals surface area contributed by atoms with E-state index in [1.54, 1.807) is 0 Å². The second kappa shape index (κ2) is 4.21.